The van der Waals surface area contributed by atoms with E-state index >= 15 is 0 Å². The van der Waals surface area contributed by atoms with Gasteiger partial charge in [-0.1, -0.05) is 23.5 Å². The molecule has 20 heavy (non-hydrogen) atoms. The van der Waals surface area contributed by atoms with Crippen molar-refractivity contribution < 1.29 is 5.11 Å². The second-order valence-electron chi connectivity index (χ2n) is 6.35. The molecule has 0 bridgehead atoms. The van der Waals surface area contributed by atoms with Crippen LogP contribution in [0, 0.1) is 11.8 Å². The monoisotopic (exact) mass is 288 g/mol. The van der Waals surface area contributed by atoms with Crippen LogP contribution in [-0.2, 0) is 0 Å². The summed E-state index contributed by atoms with van der Waals surface area (Å²) in [6, 6.07) is 8.95. The number of thiazole rings is 1. The Balaban J connectivity index is 1.54. The molecule has 0 radical (unpaired) electrons. The third kappa shape index (κ3) is 2.02. The van der Waals surface area contributed by atoms with Gasteiger partial charge in [-0.25, -0.2) is 4.98 Å². The molecule has 0 aliphatic heterocycles. The number of rotatable bonds is 2. The molecule has 1 heterocycles. The molecule has 2 fully saturated rings. The summed E-state index contributed by atoms with van der Waals surface area (Å²) in [5.74, 6) is 1.46. The first kappa shape index (κ1) is 12.6. The molecule has 0 amide bonds. The Bertz CT molecular complexity index is 579. The molecule has 0 saturated heterocycles. The minimum atomic E-state index is -0.0429. The summed E-state index contributed by atoms with van der Waals surface area (Å²) >= 11 is 1.79. The smallest absolute Gasteiger partial charge is 0.186 e. The Labute approximate surface area is 123 Å². The van der Waals surface area contributed by atoms with Crippen molar-refractivity contribution in [2.75, 3.05) is 11.9 Å². The summed E-state index contributed by atoms with van der Waals surface area (Å²) in [5, 5.41) is 10.9. The molecule has 2 aliphatic carbocycles. The topological polar surface area (TPSA) is 36.4 Å². The molecular weight excluding hydrogens is 268 g/mol. The van der Waals surface area contributed by atoms with Crippen LogP contribution in [0.2, 0.25) is 0 Å². The molecule has 2 saturated carbocycles. The molecule has 1 aromatic heterocycles. The molecule has 2 unspecified atom stereocenters. The van der Waals surface area contributed by atoms with Crippen LogP contribution in [0.5, 0.6) is 0 Å². The summed E-state index contributed by atoms with van der Waals surface area (Å²) in [6.45, 7) is 0. The Kier molecular flexibility index (Phi) is 2.97. The average Bonchev–Trinajstić information content (AvgIpc) is 3.08. The number of fused-ring (bicyclic) bond motifs is 2. The fourth-order valence-electron chi connectivity index (χ4n) is 4.04. The van der Waals surface area contributed by atoms with E-state index in [1.807, 2.05) is 6.07 Å². The van der Waals surface area contributed by atoms with Gasteiger partial charge in [-0.05, 0) is 49.7 Å². The molecule has 4 heteroatoms. The number of hydrogen-bond acceptors (Lipinski definition) is 4. The van der Waals surface area contributed by atoms with Crippen LogP contribution in [0.1, 0.15) is 25.7 Å². The van der Waals surface area contributed by atoms with Gasteiger partial charge in [0.15, 0.2) is 5.13 Å². The SMILES string of the molecule is CN(c1nc2ccccc2s1)C1C[C@H]2CC(O)C[C@H]2C1. The van der Waals surface area contributed by atoms with Gasteiger partial charge in [-0.15, -0.1) is 0 Å². The van der Waals surface area contributed by atoms with Gasteiger partial charge in [-0.2, -0.15) is 0 Å². The molecule has 4 atom stereocenters. The summed E-state index contributed by atoms with van der Waals surface area (Å²) in [4.78, 5) is 7.13. The van der Waals surface area contributed by atoms with Gasteiger partial charge in [0.1, 0.15) is 0 Å². The number of aliphatic hydroxyl groups excluding tert-OH is 1. The first-order valence-corrected chi connectivity index (χ1v) is 8.29. The molecule has 106 valence electrons. The van der Waals surface area contributed by atoms with E-state index < -0.39 is 0 Å². The maximum absolute atomic E-state index is 9.75. The Hall–Kier alpha value is -1.13. The highest BCUT2D eigenvalue weighted by molar-refractivity contribution is 7.22. The quantitative estimate of drug-likeness (QED) is 0.921. The largest absolute Gasteiger partial charge is 0.393 e. The highest BCUT2D eigenvalue weighted by Gasteiger charge is 2.42. The number of para-hydroxylation sites is 1. The zero-order valence-corrected chi connectivity index (χ0v) is 12.5. The van der Waals surface area contributed by atoms with E-state index in [4.69, 9.17) is 4.98 Å². The predicted molar refractivity (Wildman–Crippen MR) is 83.3 cm³/mol. The van der Waals surface area contributed by atoms with Gasteiger partial charge in [0.05, 0.1) is 16.3 Å². The Morgan fingerprint density at radius 2 is 1.85 bits per heavy atom. The third-order valence-corrected chi connectivity index (χ3v) is 6.22. The van der Waals surface area contributed by atoms with Gasteiger partial charge < -0.3 is 10.0 Å². The summed E-state index contributed by atoms with van der Waals surface area (Å²) in [6.07, 6.45) is 4.41. The van der Waals surface area contributed by atoms with Crippen molar-refractivity contribution in [3.05, 3.63) is 24.3 Å². The Morgan fingerprint density at radius 1 is 1.15 bits per heavy atom. The van der Waals surface area contributed by atoms with Gasteiger partial charge in [0.2, 0.25) is 0 Å². The maximum Gasteiger partial charge on any atom is 0.186 e. The first-order chi connectivity index (χ1) is 9.70. The molecule has 2 aliphatic rings. The van der Waals surface area contributed by atoms with E-state index in [1.54, 1.807) is 11.3 Å². The lowest BCUT2D eigenvalue weighted by Crippen LogP contribution is -2.30. The van der Waals surface area contributed by atoms with E-state index in [1.165, 1.54) is 17.5 Å². The van der Waals surface area contributed by atoms with E-state index in [9.17, 15) is 5.11 Å². The number of benzene rings is 1. The number of anilines is 1. The lowest BCUT2D eigenvalue weighted by Gasteiger charge is -2.24. The van der Waals surface area contributed by atoms with Crippen LogP contribution < -0.4 is 4.90 Å². The molecule has 1 aromatic carbocycles. The summed E-state index contributed by atoms with van der Waals surface area (Å²) in [7, 11) is 2.18. The third-order valence-electron chi connectivity index (χ3n) is 5.10. The molecule has 0 spiro atoms. The number of aliphatic hydroxyl groups is 1. The highest BCUT2D eigenvalue weighted by Crippen LogP contribution is 2.46. The fourth-order valence-corrected chi connectivity index (χ4v) is 5.03. The molecule has 4 rings (SSSR count). The standard InChI is InChI=1S/C16H20N2OS/c1-18(12-6-10-8-13(19)9-11(10)7-12)16-17-14-4-2-3-5-15(14)20-16/h2-5,10-13,19H,6-9H2,1H3/t10-,11+,12?,13?. The highest BCUT2D eigenvalue weighted by atomic mass is 32.1. The normalized spacial score (nSPS) is 32.7. The molecule has 3 nitrogen and oxygen atoms in total. The van der Waals surface area contributed by atoms with Gasteiger partial charge in [0, 0.05) is 13.1 Å². The van der Waals surface area contributed by atoms with Crippen LogP contribution in [-0.4, -0.2) is 29.3 Å². The number of hydrogen-bond donors (Lipinski definition) is 1. The minimum absolute atomic E-state index is 0.0429. The van der Waals surface area contributed by atoms with Crippen LogP contribution >= 0.6 is 11.3 Å². The maximum atomic E-state index is 9.75. The van der Waals surface area contributed by atoms with Gasteiger partial charge in [-0.3, -0.25) is 0 Å². The number of nitrogens with zero attached hydrogens (tertiary/aromatic N) is 2. The fraction of sp³-hybridized carbons (Fsp3) is 0.562. The van der Waals surface area contributed by atoms with Gasteiger partial charge >= 0.3 is 0 Å². The van der Waals surface area contributed by atoms with Crippen molar-refractivity contribution in [3.63, 3.8) is 0 Å². The van der Waals surface area contributed by atoms with Crippen molar-refractivity contribution in [3.8, 4) is 0 Å². The molecule has 1 N–H and O–H groups in total. The van der Waals surface area contributed by atoms with Gasteiger partial charge in [0.25, 0.3) is 0 Å². The zero-order valence-electron chi connectivity index (χ0n) is 11.7. The summed E-state index contributed by atoms with van der Waals surface area (Å²) in [5.41, 5.74) is 1.10. The Morgan fingerprint density at radius 3 is 2.55 bits per heavy atom. The van der Waals surface area contributed by atoms with Crippen LogP contribution in [0.15, 0.2) is 24.3 Å². The van der Waals surface area contributed by atoms with Crippen molar-refractivity contribution in [2.45, 2.75) is 37.8 Å². The van der Waals surface area contributed by atoms with Crippen molar-refractivity contribution in [1.82, 2.24) is 4.98 Å². The van der Waals surface area contributed by atoms with Crippen LogP contribution in [0.3, 0.4) is 0 Å². The molecule has 2 aromatic rings. The lowest BCUT2D eigenvalue weighted by atomic mass is 10.0. The van der Waals surface area contributed by atoms with Crippen molar-refractivity contribution >= 4 is 26.7 Å². The van der Waals surface area contributed by atoms with E-state index in [2.05, 4.69) is 30.1 Å². The van der Waals surface area contributed by atoms with Crippen LogP contribution in [0.25, 0.3) is 10.2 Å². The summed E-state index contributed by atoms with van der Waals surface area (Å²) < 4.78 is 1.27. The first-order valence-electron chi connectivity index (χ1n) is 7.47. The second-order valence-corrected chi connectivity index (χ2v) is 7.35. The zero-order chi connectivity index (χ0) is 13.7. The second kappa shape index (κ2) is 4.71. The molecular formula is C16H20N2OS. The van der Waals surface area contributed by atoms with Crippen LogP contribution in [0.4, 0.5) is 5.13 Å². The van der Waals surface area contributed by atoms with Crippen molar-refractivity contribution in [2.24, 2.45) is 11.8 Å². The van der Waals surface area contributed by atoms with E-state index in [-0.39, 0.29) is 6.10 Å². The number of aromatic nitrogens is 1. The minimum Gasteiger partial charge on any atom is -0.393 e. The van der Waals surface area contributed by atoms with Crippen molar-refractivity contribution in [1.29, 1.82) is 0 Å². The van der Waals surface area contributed by atoms with E-state index in [0.717, 1.165) is 35.3 Å². The average molecular weight is 288 g/mol. The van der Waals surface area contributed by atoms with E-state index in [0.29, 0.717) is 6.04 Å². The predicted octanol–water partition coefficient (Wildman–Crippen LogP) is 3.28. The lowest BCUT2D eigenvalue weighted by molar-refractivity contribution is 0.171.